The molecule has 0 unspecified atom stereocenters. The highest BCUT2D eigenvalue weighted by Crippen LogP contribution is 2.33. The lowest BCUT2D eigenvalue weighted by atomic mass is 10.1. The maximum atomic E-state index is 8.80. The van der Waals surface area contributed by atoms with Crippen LogP contribution in [-0.2, 0) is 0 Å². The number of rotatable bonds is 10. The van der Waals surface area contributed by atoms with Crippen LogP contribution in [0.25, 0.3) is 0 Å². The quantitative estimate of drug-likeness (QED) is 0.161. The summed E-state index contributed by atoms with van der Waals surface area (Å²) in [6.45, 7) is 2.17. The van der Waals surface area contributed by atoms with Gasteiger partial charge in [0.25, 0.3) is 0 Å². The standard InChI is InChI=1S/C21H23Cl2N5O2/c1-13(21-17(22)11-28-12-18(21)23)30-15-3-5-20(26)16(8-15)19(25)4-2-14(9-24)10-27-6-7-29/h2-5,8-13,24-25,27,29H,6-7,26H2,1H3/b4-2+,14-10-,24-9?,25-19?/t13-/m1/s1. The number of nitrogens with two attached hydrogens (primary N) is 1. The first-order valence-corrected chi connectivity index (χ1v) is 9.80. The summed E-state index contributed by atoms with van der Waals surface area (Å²) in [6.07, 6.45) is 8.42. The number of aliphatic hydroxyl groups excluding tert-OH is 1. The molecule has 0 spiro atoms. The molecule has 0 aliphatic carbocycles. The number of pyridine rings is 1. The van der Waals surface area contributed by atoms with Crippen LogP contribution in [0.15, 0.2) is 54.5 Å². The monoisotopic (exact) mass is 447 g/mol. The van der Waals surface area contributed by atoms with Gasteiger partial charge in [-0.25, -0.2) is 0 Å². The number of hydrogen-bond donors (Lipinski definition) is 5. The van der Waals surface area contributed by atoms with E-state index in [1.807, 2.05) is 6.92 Å². The molecule has 0 saturated carbocycles. The van der Waals surface area contributed by atoms with E-state index in [9.17, 15) is 0 Å². The van der Waals surface area contributed by atoms with Crippen LogP contribution < -0.4 is 15.8 Å². The number of halogens is 2. The van der Waals surface area contributed by atoms with Crippen molar-refractivity contribution in [3.05, 3.63) is 75.7 Å². The molecular weight excluding hydrogens is 425 g/mol. The first-order valence-electron chi connectivity index (χ1n) is 9.04. The third kappa shape index (κ3) is 6.32. The lowest BCUT2D eigenvalue weighted by Crippen LogP contribution is -2.11. The van der Waals surface area contributed by atoms with Gasteiger partial charge < -0.3 is 31.7 Å². The van der Waals surface area contributed by atoms with Crippen molar-refractivity contribution in [2.75, 3.05) is 18.9 Å². The van der Waals surface area contributed by atoms with Crippen LogP contribution in [0.4, 0.5) is 5.69 Å². The molecule has 2 aromatic rings. The van der Waals surface area contributed by atoms with Crippen LogP contribution in [0.3, 0.4) is 0 Å². The second-order valence-electron chi connectivity index (χ2n) is 6.24. The zero-order valence-electron chi connectivity index (χ0n) is 16.3. The van der Waals surface area contributed by atoms with Crippen LogP contribution >= 0.6 is 23.2 Å². The normalized spacial score (nSPS) is 12.6. The van der Waals surface area contributed by atoms with Crippen molar-refractivity contribution < 1.29 is 9.84 Å². The van der Waals surface area contributed by atoms with Crippen LogP contribution in [-0.4, -0.2) is 35.2 Å². The predicted octanol–water partition coefficient (Wildman–Crippen LogP) is 4.15. The molecule has 0 fully saturated rings. The number of nitrogens with zero attached hydrogens (tertiary/aromatic N) is 1. The largest absolute Gasteiger partial charge is 0.486 e. The molecule has 1 atom stereocenters. The fourth-order valence-electron chi connectivity index (χ4n) is 2.58. The number of nitrogen functional groups attached to an aromatic ring is 1. The molecule has 1 aromatic heterocycles. The summed E-state index contributed by atoms with van der Waals surface area (Å²) in [5.41, 5.74) is 8.25. The molecule has 0 saturated heterocycles. The number of aromatic nitrogens is 1. The molecule has 7 nitrogen and oxygen atoms in total. The van der Waals surface area contributed by atoms with Gasteiger partial charge in [-0.15, -0.1) is 0 Å². The smallest absolute Gasteiger partial charge is 0.124 e. The van der Waals surface area contributed by atoms with Gasteiger partial charge in [-0.3, -0.25) is 4.98 Å². The number of benzene rings is 1. The number of aliphatic hydroxyl groups is 1. The van der Waals surface area contributed by atoms with Crippen molar-refractivity contribution in [3.63, 3.8) is 0 Å². The van der Waals surface area contributed by atoms with Gasteiger partial charge in [-0.2, -0.15) is 0 Å². The van der Waals surface area contributed by atoms with Gasteiger partial charge in [0.05, 0.1) is 22.4 Å². The number of nitrogens with one attached hydrogen (secondary N) is 3. The third-order valence-electron chi connectivity index (χ3n) is 4.06. The Bertz CT molecular complexity index is 956. The van der Waals surface area contributed by atoms with Crippen molar-refractivity contribution in [3.8, 4) is 5.75 Å². The molecule has 1 heterocycles. The topological polar surface area (TPSA) is 128 Å². The SMILES string of the molecule is C[C@@H](Oc1ccc(N)c(C(=N)/C=C/C(C=N)=C/NCCO)c1)c1c(Cl)cncc1Cl. The van der Waals surface area contributed by atoms with Crippen LogP contribution in [0, 0.1) is 10.8 Å². The second kappa shape index (κ2) is 11.3. The molecule has 158 valence electrons. The zero-order chi connectivity index (χ0) is 22.1. The van der Waals surface area contributed by atoms with Gasteiger partial charge in [-0.05, 0) is 37.3 Å². The second-order valence-corrected chi connectivity index (χ2v) is 7.05. The minimum atomic E-state index is -0.445. The molecule has 6 N–H and O–H groups in total. The van der Waals surface area contributed by atoms with E-state index in [2.05, 4.69) is 10.3 Å². The summed E-state index contributed by atoms with van der Waals surface area (Å²) in [4.78, 5) is 3.94. The summed E-state index contributed by atoms with van der Waals surface area (Å²) in [5, 5.41) is 28.2. The van der Waals surface area contributed by atoms with Crippen molar-refractivity contribution in [2.45, 2.75) is 13.0 Å². The highest BCUT2D eigenvalue weighted by atomic mass is 35.5. The van der Waals surface area contributed by atoms with E-state index < -0.39 is 6.10 Å². The molecule has 9 heteroatoms. The number of anilines is 1. The highest BCUT2D eigenvalue weighted by molar-refractivity contribution is 6.35. The summed E-state index contributed by atoms with van der Waals surface area (Å²) in [6, 6.07) is 5.03. The van der Waals surface area contributed by atoms with E-state index in [1.54, 1.807) is 30.5 Å². The van der Waals surface area contributed by atoms with Crippen LogP contribution in [0.1, 0.15) is 24.2 Å². The zero-order valence-corrected chi connectivity index (χ0v) is 17.8. The molecule has 0 amide bonds. The van der Waals surface area contributed by atoms with Crippen molar-refractivity contribution >= 4 is 40.8 Å². The van der Waals surface area contributed by atoms with Gasteiger partial charge in [0.15, 0.2) is 0 Å². The molecule has 0 aliphatic rings. The molecule has 1 aromatic carbocycles. The van der Waals surface area contributed by atoms with Crippen LogP contribution in [0.2, 0.25) is 10.0 Å². The Kier molecular flexibility index (Phi) is 8.86. The van der Waals surface area contributed by atoms with E-state index >= 15 is 0 Å². The first-order chi connectivity index (χ1) is 14.4. The summed E-state index contributed by atoms with van der Waals surface area (Å²) in [5.74, 6) is 0.501. The van der Waals surface area contributed by atoms with Crippen molar-refractivity contribution in [1.29, 1.82) is 10.8 Å². The lowest BCUT2D eigenvalue weighted by molar-refractivity contribution is 0.227. The average molecular weight is 448 g/mol. The minimum Gasteiger partial charge on any atom is -0.486 e. The summed E-state index contributed by atoms with van der Waals surface area (Å²) >= 11 is 12.4. The van der Waals surface area contributed by atoms with Gasteiger partial charge >= 0.3 is 0 Å². The Morgan fingerprint density at radius 1 is 1.30 bits per heavy atom. The number of ether oxygens (including phenoxy) is 1. The van der Waals surface area contributed by atoms with Gasteiger partial charge in [0.1, 0.15) is 11.9 Å². The van der Waals surface area contributed by atoms with E-state index in [0.717, 1.165) is 6.21 Å². The first kappa shape index (κ1) is 23.4. The maximum absolute atomic E-state index is 8.80. The van der Waals surface area contributed by atoms with E-state index in [4.69, 9.17) is 49.6 Å². The Balaban J connectivity index is 2.20. The van der Waals surface area contributed by atoms with E-state index in [0.29, 0.717) is 44.7 Å². The number of hydrogen-bond acceptors (Lipinski definition) is 7. The molecule has 0 radical (unpaired) electrons. The molecule has 0 aliphatic heterocycles. The van der Waals surface area contributed by atoms with Crippen molar-refractivity contribution in [1.82, 2.24) is 10.3 Å². The Morgan fingerprint density at radius 2 is 2.00 bits per heavy atom. The highest BCUT2D eigenvalue weighted by Gasteiger charge is 2.16. The number of allylic oxidation sites excluding steroid dienone is 3. The van der Waals surface area contributed by atoms with E-state index in [1.165, 1.54) is 18.5 Å². The van der Waals surface area contributed by atoms with Gasteiger partial charge in [0.2, 0.25) is 0 Å². The molecular formula is C21H23Cl2N5O2. The fraction of sp³-hybridized carbons (Fsp3) is 0.190. The fourth-order valence-corrected chi connectivity index (χ4v) is 3.25. The summed E-state index contributed by atoms with van der Waals surface area (Å²) in [7, 11) is 0. The third-order valence-corrected chi connectivity index (χ3v) is 4.66. The summed E-state index contributed by atoms with van der Waals surface area (Å²) < 4.78 is 5.97. The Morgan fingerprint density at radius 3 is 2.63 bits per heavy atom. The molecule has 0 bridgehead atoms. The minimum absolute atomic E-state index is 0.0149. The van der Waals surface area contributed by atoms with Gasteiger partial charge in [-0.1, -0.05) is 23.2 Å². The lowest BCUT2D eigenvalue weighted by Gasteiger charge is -2.18. The maximum Gasteiger partial charge on any atom is 0.124 e. The molecule has 2 rings (SSSR count). The van der Waals surface area contributed by atoms with Gasteiger partial charge in [0, 0.05) is 53.7 Å². The van der Waals surface area contributed by atoms with Crippen LogP contribution in [0.5, 0.6) is 5.75 Å². The van der Waals surface area contributed by atoms with Crippen molar-refractivity contribution in [2.24, 2.45) is 0 Å². The Hall–Kier alpha value is -2.87. The van der Waals surface area contributed by atoms with E-state index in [-0.39, 0.29) is 12.3 Å². The predicted molar refractivity (Wildman–Crippen MR) is 122 cm³/mol. The average Bonchev–Trinajstić information content (AvgIpc) is 2.71. The Labute approximate surface area is 185 Å². The molecule has 30 heavy (non-hydrogen) atoms.